The summed E-state index contributed by atoms with van der Waals surface area (Å²) in [4.78, 5) is 46.8. The summed E-state index contributed by atoms with van der Waals surface area (Å²) in [6, 6.07) is 4.29. The molecule has 2 amide bonds. The van der Waals surface area contributed by atoms with Crippen LogP contribution in [0.4, 0.5) is 4.79 Å². The first-order valence-electron chi connectivity index (χ1n) is 9.70. The van der Waals surface area contributed by atoms with E-state index in [9.17, 15) is 14.4 Å². The third kappa shape index (κ3) is 4.44. The number of benzene rings is 1. The van der Waals surface area contributed by atoms with Crippen LogP contribution < -0.4 is 10.9 Å². The highest BCUT2D eigenvalue weighted by atomic mass is 79.9. The number of hydrogen-bond donors (Lipinski definition) is 2. The molecule has 8 nitrogen and oxygen atoms in total. The van der Waals surface area contributed by atoms with E-state index in [1.54, 1.807) is 17.0 Å². The number of aromatic amines is 1. The number of alkyl carbamates (subject to hydrolysis) is 1. The first-order valence-corrected chi connectivity index (χ1v) is 10.5. The average Bonchev–Trinajstić information content (AvgIpc) is 3.21. The quantitative estimate of drug-likeness (QED) is 0.706. The van der Waals surface area contributed by atoms with E-state index in [2.05, 4.69) is 36.0 Å². The Hall–Kier alpha value is -2.42. The number of hydrogen-bond acceptors (Lipinski definition) is 5. The van der Waals surface area contributed by atoms with Crippen molar-refractivity contribution in [2.75, 3.05) is 13.7 Å². The molecule has 1 aliphatic heterocycles. The van der Waals surface area contributed by atoms with E-state index in [-0.39, 0.29) is 23.4 Å². The van der Waals surface area contributed by atoms with Crippen molar-refractivity contribution in [1.82, 2.24) is 20.2 Å². The molecule has 1 fully saturated rings. The molecule has 0 spiro atoms. The van der Waals surface area contributed by atoms with Crippen LogP contribution in [0, 0.1) is 5.92 Å². The molecule has 3 atom stereocenters. The second-order valence-electron chi connectivity index (χ2n) is 7.30. The van der Waals surface area contributed by atoms with Gasteiger partial charge in [0, 0.05) is 11.0 Å². The highest BCUT2D eigenvalue weighted by Crippen LogP contribution is 2.31. The molecule has 1 aromatic heterocycles. The smallest absolute Gasteiger partial charge is 0.407 e. The summed E-state index contributed by atoms with van der Waals surface area (Å²) in [7, 11) is 1.27. The number of fused-ring (bicyclic) bond motifs is 1. The van der Waals surface area contributed by atoms with Crippen molar-refractivity contribution in [2.24, 2.45) is 5.92 Å². The van der Waals surface area contributed by atoms with Crippen molar-refractivity contribution in [1.29, 1.82) is 0 Å². The lowest BCUT2D eigenvalue weighted by atomic mass is 9.97. The van der Waals surface area contributed by atoms with Gasteiger partial charge in [0.05, 0.1) is 24.1 Å². The van der Waals surface area contributed by atoms with Gasteiger partial charge < -0.3 is 19.9 Å². The first-order chi connectivity index (χ1) is 13.8. The lowest BCUT2D eigenvalue weighted by molar-refractivity contribution is -0.135. The van der Waals surface area contributed by atoms with E-state index in [0.717, 1.165) is 17.3 Å². The number of rotatable bonds is 5. The van der Waals surface area contributed by atoms with E-state index in [1.807, 2.05) is 19.9 Å². The maximum atomic E-state index is 13.3. The standard InChI is InChI=1S/C20H25BrN4O4/c1-4-11(2)16(23-20(28)29-3)19(27)25-9-5-6-15(25)17-22-14-8-7-12(21)10-13(14)18(26)24-17/h7-8,10-11,15-16H,4-6,9H2,1-3H3,(H,23,28)(H,22,24,26)/t11?,15?,16-/m0/s1. The summed E-state index contributed by atoms with van der Waals surface area (Å²) >= 11 is 3.36. The van der Waals surface area contributed by atoms with Gasteiger partial charge in [-0.2, -0.15) is 0 Å². The minimum atomic E-state index is -0.698. The number of ether oxygens (including phenoxy) is 1. The maximum absolute atomic E-state index is 13.3. The molecule has 29 heavy (non-hydrogen) atoms. The summed E-state index contributed by atoms with van der Waals surface area (Å²) in [6.07, 6.45) is 1.58. The van der Waals surface area contributed by atoms with E-state index in [1.165, 1.54) is 7.11 Å². The minimum Gasteiger partial charge on any atom is -0.453 e. The number of carbonyl (C=O) groups excluding carboxylic acids is 2. The summed E-state index contributed by atoms with van der Waals surface area (Å²) in [5, 5.41) is 3.15. The van der Waals surface area contributed by atoms with Crippen LogP contribution in [0.3, 0.4) is 0 Å². The van der Waals surface area contributed by atoms with Crippen LogP contribution in [0.2, 0.25) is 0 Å². The van der Waals surface area contributed by atoms with E-state index in [4.69, 9.17) is 0 Å². The number of nitrogens with zero attached hydrogens (tertiary/aromatic N) is 2. The number of nitrogens with one attached hydrogen (secondary N) is 2. The molecule has 2 heterocycles. The molecular formula is C20H25BrN4O4. The number of halogens is 1. The molecule has 1 saturated heterocycles. The fourth-order valence-corrected chi connectivity index (χ4v) is 4.01. The molecule has 0 saturated carbocycles. The molecule has 2 aromatic rings. The molecule has 1 aliphatic rings. The molecule has 2 N–H and O–H groups in total. The van der Waals surface area contributed by atoms with E-state index < -0.39 is 12.1 Å². The Labute approximate surface area is 177 Å². The predicted octanol–water partition coefficient (Wildman–Crippen LogP) is 3.12. The Kier molecular flexibility index (Phi) is 6.56. The topological polar surface area (TPSA) is 104 Å². The summed E-state index contributed by atoms with van der Waals surface area (Å²) in [6.45, 7) is 4.42. The number of aromatic nitrogens is 2. The van der Waals surface area contributed by atoms with Gasteiger partial charge in [0.25, 0.3) is 5.56 Å². The van der Waals surface area contributed by atoms with Gasteiger partial charge in [-0.3, -0.25) is 9.59 Å². The summed E-state index contributed by atoms with van der Waals surface area (Å²) < 4.78 is 5.49. The van der Waals surface area contributed by atoms with Crippen LogP contribution in [0.5, 0.6) is 0 Å². The molecule has 9 heteroatoms. The molecule has 2 unspecified atom stereocenters. The lowest BCUT2D eigenvalue weighted by Crippen LogP contribution is -2.51. The Bertz CT molecular complexity index is 977. The Morgan fingerprint density at radius 3 is 2.90 bits per heavy atom. The second kappa shape index (κ2) is 8.94. The molecule has 3 rings (SSSR count). The normalized spacial score (nSPS) is 18.5. The van der Waals surface area contributed by atoms with E-state index in [0.29, 0.717) is 29.7 Å². The van der Waals surface area contributed by atoms with Crippen molar-refractivity contribution in [3.05, 3.63) is 38.9 Å². The average molecular weight is 465 g/mol. The zero-order valence-electron chi connectivity index (χ0n) is 16.7. The predicted molar refractivity (Wildman–Crippen MR) is 113 cm³/mol. The van der Waals surface area contributed by atoms with Crippen LogP contribution in [0.25, 0.3) is 10.9 Å². The Morgan fingerprint density at radius 1 is 1.45 bits per heavy atom. The number of carbonyl (C=O) groups is 2. The van der Waals surface area contributed by atoms with Gasteiger partial charge in [0.2, 0.25) is 5.91 Å². The molecule has 0 radical (unpaired) electrons. The zero-order valence-corrected chi connectivity index (χ0v) is 18.3. The highest BCUT2D eigenvalue weighted by molar-refractivity contribution is 9.10. The van der Waals surface area contributed by atoms with Gasteiger partial charge >= 0.3 is 6.09 Å². The molecule has 156 valence electrons. The number of H-pyrrole nitrogens is 1. The van der Waals surface area contributed by atoms with Gasteiger partial charge in [0.1, 0.15) is 11.9 Å². The third-order valence-corrected chi connectivity index (χ3v) is 5.97. The monoisotopic (exact) mass is 464 g/mol. The SMILES string of the molecule is CCC(C)[C@H](NC(=O)OC)C(=O)N1CCCC1c1nc2ccc(Br)cc2c(=O)[nH]1. The van der Waals surface area contributed by atoms with Crippen LogP contribution in [-0.4, -0.2) is 46.6 Å². The fourth-order valence-electron chi connectivity index (χ4n) is 3.65. The molecule has 1 aromatic carbocycles. The number of methoxy groups -OCH3 is 1. The van der Waals surface area contributed by atoms with Gasteiger partial charge in [-0.1, -0.05) is 36.2 Å². The summed E-state index contributed by atoms with van der Waals surface area (Å²) in [5.74, 6) is 0.214. The van der Waals surface area contributed by atoms with Crippen LogP contribution in [0.1, 0.15) is 45.0 Å². The highest BCUT2D eigenvalue weighted by Gasteiger charge is 2.38. The van der Waals surface area contributed by atoms with Crippen molar-refractivity contribution < 1.29 is 14.3 Å². The summed E-state index contributed by atoms with van der Waals surface area (Å²) in [5.41, 5.74) is 0.342. The largest absolute Gasteiger partial charge is 0.453 e. The Morgan fingerprint density at radius 2 is 2.21 bits per heavy atom. The van der Waals surface area contributed by atoms with Crippen molar-refractivity contribution in [2.45, 2.75) is 45.2 Å². The van der Waals surface area contributed by atoms with Gasteiger partial charge in [-0.15, -0.1) is 0 Å². The first kappa shape index (κ1) is 21.3. The van der Waals surface area contributed by atoms with Crippen LogP contribution in [-0.2, 0) is 9.53 Å². The van der Waals surface area contributed by atoms with Crippen LogP contribution >= 0.6 is 15.9 Å². The third-order valence-electron chi connectivity index (χ3n) is 5.48. The van der Waals surface area contributed by atoms with Gasteiger partial charge in [-0.25, -0.2) is 9.78 Å². The fraction of sp³-hybridized carbons (Fsp3) is 0.500. The van der Waals surface area contributed by atoms with Crippen LogP contribution in [0.15, 0.2) is 27.5 Å². The van der Waals surface area contributed by atoms with Gasteiger partial charge in [-0.05, 0) is 37.0 Å². The van der Waals surface area contributed by atoms with Gasteiger partial charge in [0.15, 0.2) is 0 Å². The number of amides is 2. The van der Waals surface area contributed by atoms with E-state index >= 15 is 0 Å². The Balaban J connectivity index is 1.93. The van der Waals surface area contributed by atoms with Crippen molar-refractivity contribution >= 4 is 38.8 Å². The second-order valence-corrected chi connectivity index (χ2v) is 8.22. The molecule has 0 aliphatic carbocycles. The lowest BCUT2D eigenvalue weighted by Gasteiger charge is -2.31. The zero-order chi connectivity index (χ0) is 21.1. The molecular weight excluding hydrogens is 440 g/mol. The minimum absolute atomic E-state index is 0.0659. The van der Waals surface area contributed by atoms with Crippen molar-refractivity contribution in [3.8, 4) is 0 Å². The molecule has 0 bridgehead atoms. The van der Waals surface area contributed by atoms with Crippen molar-refractivity contribution in [3.63, 3.8) is 0 Å². The number of likely N-dealkylation sites (tertiary alicyclic amines) is 1. The maximum Gasteiger partial charge on any atom is 0.407 e.